The van der Waals surface area contributed by atoms with E-state index in [0.717, 1.165) is 6.42 Å². The highest BCUT2D eigenvalue weighted by molar-refractivity contribution is 5.99. The van der Waals surface area contributed by atoms with Gasteiger partial charge in [0.2, 0.25) is 0 Å². The zero-order valence-corrected chi connectivity index (χ0v) is 13.0. The Morgan fingerprint density at radius 3 is 2.48 bits per heavy atom. The molecule has 0 bridgehead atoms. The molecule has 1 heterocycles. The number of nitrogens with two attached hydrogens (primary N) is 1. The molecule has 5 heteroatoms. The Balaban J connectivity index is 2.11. The van der Waals surface area contributed by atoms with E-state index in [0.29, 0.717) is 17.8 Å². The Labute approximate surface area is 127 Å². The van der Waals surface area contributed by atoms with E-state index >= 15 is 0 Å². The van der Waals surface area contributed by atoms with Crippen LogP contribution in [0.3, 0.4) is 0 Å². The Bertz CT molecular complexity index is 409. The van der Waals surface area contributed by atoms with E-state index in [1.165, 1.54) is 44.9 Å². The summed E-state index contributed by atoms with van der Waals surface area (Å²) in [6.45, 7) is 2.94. The van der Waals surface area contributed by atoms with Gasteiger partial charge in [-0.1, -0.05) is 51.9 Å². The molecule has 4 N–H and O–H groups in total. The molecular weight excluding hydrogens is 264 g/mol. The average molecular weight is 292 g/mol. The van der Waals surface area contributed by atoms with E-state index in [9.17, 15) is 4.79 Å². The molecule has 1 amide bonds. The molecule has 118 valence electrons. The summed E-state index contributed by atoms with van der Waals surface area (Å²) in [6.07, 6.45) is 13.2. The number of carbonyl (C=O) groups excluding carboxylic acids is 1. The molecule has 21 heavy (non-hydrogen) atoms. The van der Waals surface area contributed by atoms with Crippen LogP contribution in [0.2, 0.25) is 0 Å². The van der Waals surface area contributed by atoms with Crippen molar-refractivity contribution in [2.75, 3.05) is 12.0 Å². The third kappa shape index (κ3) is 7.09. The molecule has 0 radical (unpaired) electrons. The maximum Gasteiger partial charge on any atom is 0.253 e. The number of carbonyl (C=O) groups is 1. The quantitative estimate of drug-likeness (QED) is 0.332. The van der Waals surface area contributed by atoms with E-state index in [1.54, 1.807) is 18.5 Å². The molecule has 5 nitrogen and oxygen atoms in total. The van der Waals surface area contributed by atoms with Gasteiger partial charge in [0.25, 0.3) is 5.91 Å². The summed E-state index contributed by atoms with van der Waals surface area (Å²) >= 11 is 0. The van der Waals surface area contributed by atoms with Crippen molar-refractivity contribution in [2.45, 2.75) is 58.3 Å². The van der Waals surface area contributed by atoms with E-state index in [4.69, 9.17) is 5.84 Å². The largest absolute Gasteiger partial charge is 0.352 e. The lowest BCUT2D eigenvalue weighted by atomic mass is 10.1. The molecule has 0 saturated carbocycles. The standard InChI is InChI=1S/C16H28N4O/c1-2-3-4-5-6-7-8-9-11-19-16(21)14-10-12-18-13-15(14)20-17/h10,12-13,20H,2-9,11,17H2,1H3,(H,19,21). The maximum absolute atomic E-state index is 12.0. The van der Waals surface area contributed by atoms with Crippen molar-refractivity contribution in [1.82, 2.24) is 10.3 Å². The molecule has 0 aliphatic heterocycles. The van der Waals surface area contributed by atoms with Gasteiger partial charge in [-0.2, -0.15) is 0 Å². The first-order valence-corrected chi connectivity index (χ1v) is 7.98. The SMILES string of the molecule is CCCCCCCCCCNC(=O)c1ccncc1NN. The van der Waals surface area contributed by atoms with Crippen LogP contribution in [0.4, 0.5) is 5.69 Å². The average Bonchev–Trinajstić information content (AvgIpc) is 2.53. The first kappa shape index (κ1) is 17.4. The summed E-state index contributed by atoms with van der Waals surface area (Å²) in [7, 11) is 0. The van der Waals surface area contributed by atoms with E-state index < -0.39 is 0 Å². The number of pyridine rings is 1. The third-order valence-electron chi connectivity index (χ3n) is 3.54. The minimum atomic E-state index is -0.103. The first-order valence-electron chi connectivity index (χ1n) is 7.98. The normalized spacial score (nSPS) is 10.4. The van der Waals surface area contributed by atoms with Crippen LogP contribution in [0, 0.1) is 0 Å². The number of hydrogen-bond acceptors (Lipinski definition) is 4. The van der Waals surface area contributed by atoms with Crippen LogP contribution in [-0.2, 0) is 0 Å². The van der Waals surface area contributed by atoms with Crippen molar-refractivity contribution in [3.63, 3.8) is 0 Å². The van der Waals surface area contributed by atoms with Crippen molar-refractivity contribution >= 4 is 11.6 Å². The fraction of sp³-hybridized carbons (Fsp3) is 0.625. The highest BCUT2D eigenvalue weighted by Crippen LogP contribution is 2.11. The van der Waals surface area contributed by atoms with Crippen LogP contribution >= 0.6 is 0 Å². The minimum Gasteiger partial charge on any atom is -0.352 e. The molecule has 1 aromatic heterocycles. The number of hydrazine groups is 1. The van der Waals surface area contributed by atoms with Crippen molar-refractivity contribution in [2.24, 2.45) is 5.84 Å². The first-order chi connectivity index (χ1) is 10.3. The van der Waals surface area contributed by atoms with Crippen molar-refractivity contribution in [1.29, 1.82) is 0 Å². The molecular formula is C16H28N4O. The second-order valence-electron chi connectivity index (χ2n) is 5.30. The summed E-state index contributed by atoms with van der Waals surface area (Å²) in [5.74, 6) is 5.26. The van der Waals surface area contributed by atoms with Gasteiger partial charge in [-0.25, -0.2) is 0 Å². The molecule has 0 atom stereocenters. The molecule has 0 spiro atoms. The van der Waals surface area contributed by atoms with Crippen LogP contribution in [0.15, 0.2) is 18.5 Å². The second-order valence-corrected chi connectivity index (χ2v) is 5.30. The highest BCUT2D eigenvalue weighted by Gasteiger charge is 2.09. The number of nitrogens with zero attached hydrogens (tertiary/aromatic N) is 1. The monoisotopic (exact) mass is 292 g/mol. The fourth-order valence-corrected chi connectivity index (χ4v) is 2.26. The van der Waals surface area contributed by atoms with E-state index in [-0.39, 0.29) is 5.91 Å². The molecule has 1 aromatic rings. The van der Waals surface area contributed by atoms with Gasteiger partial charge < -0.3 is 10.7 Å². The highest BCUT2D eigenvalue weighted by atomic mass is 16.1. The predicted octanol–water partition coefficient (Wildman–Crippen LogP) is 3.24. The Hall–Kier alpha value is -1.62. The lowest BCUT2D eigenvalue weighted by Crippen LogP contribution is -2.26. The van der Waals surface area contributed by atoms with Crippen LogP contribution in [0.1, 0.15) is 68.6 Å². The van der Waals surface area contributed by atoms with Gasteiger partial charge in [0.15, 0.2) is 0 Å². The Morgan fingerprint density at radius 2 is 1.81 bits per heavy atom. The number of nitrogen functional groups attached to an aromatic ring is 1. The zero-order chi connectivity index (χ0) is 15.3. The molecule has 0 aliphatic carbocycles. The van der Waals surface area contributed by atoms with Gasteiger partial charge in [-0.3, -0.25) is 15.6 Å². The third-order valence-corrected chi connectivity index (χ3v) is 3.54. The summed E-state index contributed by atoms with van der Waals surface area (Å²) < 4.78 is 0. The van der Waals surface area contributed by atoms with Gasteiger partial charge in [-0.05, 0) is 12.5 Å². The number of nitrogens with one attached hydrogen (secondary N) is 2. The second kappa shape index (κ2) is 11.1. The lowest BCUT2D eigenvalue weighted by molar-refractivity contribution is 0.0953. The number of anilines is 1. The summed E-state index contributed by atoms with van der Waals surface area (Å²) in [4.78, 5) is 15.9. The topological polar surface area (TPSA) is 80.0 Å². The number of amides is 1. The van der Waals surface area contributed by atoms with Gasteiger partial charge >= 0.3 is 0 Å². The van der Waals surface area contributed by atoms with E-state index in [1.807, 2.05) is 0 Å². The zero-order valence-electron chi connectivity index (χ0n) is 13.0. The van der Waals surface area contributed by atoms with Gasteiger partial charge in [0.05, 0.1) is 17.4 Å². The molecule has 0 unspecified atom stereocenters. The molecule has 1 rings (SSSR count). The van der Waals surface area contributed by atoms with Gasteiger partial charge in [0, 0.05) is 12.7 Å². The minimum absolute atomic E-state index is 0.103. The smallest absolute Gasteiger partial charge is 0.253 e. The van der Waals surface area contributed by atoms with Crippen LogP contribution in [-0.4, -0.2) is 17.4 Å². The molecule has 0 aromatic carbocycles. The van der Waals surface area contributed by atoms with Gasteiger partial charge in [-0.15, -0.1) is 0 Å². The number of hydrogen-bond donors (Lipinski definition) is 3. The predicted molar refractivity (Wildman–Crippen MR) is 87.0 cm³/mol. The fourth-order valence-electron chi connectivity index (χ4n) is 2.26. The van der Waals surface area contributed by atoms with Crippen LogP contribution in [0.25, 0.3) is 0 Å². The molecule has 0 fully saturated rings. The molecule has 0 saturated heterocycles. The van der Waals surface area contributed by atoms with Gasteiger partial charge in [0.1, 0.15) is 0 Å². The van der Waals surface area contributed by atoms with Crippen LogP contribution < -0.4 is 16.6 Å². The Kier molecular flexibility index (Phi) is 9.20. The summed E-state index contributed by atoms with van der Waals surface area (Å²) in [6, 6.07) is 1.66. The van der Waals surface area contributed by atoms with Crippen molar-refractivity contribution in [3.8, 4) is 0 Å². The van der Waals surface area contributed by atoms with E-state index in [2.05, 4.69) is 22.7 Å². The summed E-state index contributed by atoms with van der Waals surface area (Å²) in [5.41, 5.74) is 3.57. The molecule has 0 aliphatic rings. The number of aromatic nitrogens is 1. The van der Waals surface area contributed by atoms with Crippen LogP contribution in [0.5, 0.6) is 0 Å². The Morgan fingerprint density at radius 1 is 1.14 bits per heavy atom. The summed E-state index contributed by atoms with van der Waals surface area (Å²) in [5, 5.41) is 2.92. The van der Waals surface area contributed by atoms with Crippen molar-refractivity contribution < 1.29 is 4.79 Å². The maximum atomic E-state index is 12.0. The number of rotatable bonds is 11. The lowest BCUT2D eigenvalue weighted by Gasteiger charge is -2.09. The number of unbranched alkanes of at least 4 members (excludes halogenated alkanes) is 7. The van der Waals surface area contributed by atoms with Crippen molar-refractivity contribution in [3.05, 3.63) is 24.0 Å².